The molecule has 5 rings (SSSR count). The van der Waals surface area contributed by atoms with Gasteiger partial charge in [0.05, 0.1) is 16.7 Å². The Kier molecular flexibility index (Phi) is 10.3. The van der Waals surface area contributed by atoms with E-state index >= 15 is 0 Å². The lowest BCUT2D eigenvalue weighted by Crippen LogP contribution is -2.29. The van der Waals surface area contributed by atoms with Crippen LogP contribution in [0.3, 0.4) is 0 Å². The first-order valence-electron chi connectivity index (χ1n) is 14.0. The molecule has 1 aliphatic rings. The van der Waals surface area contributed by atoms with Crippen LogP contribution in [0, 0.1) is 6.92 Å². The van der Waals surface area contributed by atoms with Crippen LogP contribution in [0.25, 0.3) is 0 Å². The van der Waals surface area contributed by atoms with Gasteiger partial charge in [-0.15, -0.1) is 5.10 Å². The van der Waals surface area contributed by atoms with Crippen molar-refractivity contribution in [2.75, 3.05) is 18.5 Å². The van der Waals surface area contributed by atoms with Gasteiger partial charge in [0.15, 0.2) is 11.5 Å². The number of benzene rings is 3. The molecule has 44 heavy (non-hydrogen) atoms. The van der Waals surface area contributed by atoms with Gasteiger partial charge >= 0.3 is 5.97 Å². The molecule has 1 atom stereocenters. The molecule has 1 aromatic heterocycles. The van der Waals surface area contributed by atoms with Gasteiger partial charge in [-0.3, -0.25) is 0 Å². The summed E-state index contributed by atoms with van der Waals surface area (Å²) in [5.74, 6) is 1.71. The quantitative estimate of drug-likeness (QED) is 0.0900. The van der Waals surface area contributed by atoms with Crippen LogP contribution in [0.15, 0.2) is 94.2 Å². The molecule has 0 bridgehead atoms. The van der Waals surface area contributed by atoms with Crippen molar-refractivity contribution in [2.24, 2.45) is 0 Å². The summed E-state index contributed by atoms with van der Waals surface area (Å²) in [4.78, 5) is 18.2. The summed E-state index contributed by atoms with van der Waals surface area (Å²) in [6, 6.07) is 18.9. The van der Waals surface area contributed by atoms with Crippen molar-refractivity contribution in [1.29, 1.82) is 0 Å². The molecule has 1 unspecified atom stereocenters. The first kappa shape index (κ1) is 31.7. The minimum atomic E-state index is -0.661. The molecule has 0 fully saturated rings. The van der Waals surface area contributed by atoms with Crippen LogP contribution < -0.4 is 14.8 Å². The molecule has 0 aliphatic carbocycles. The molecule has 0 radical (unpaired) electrons. The number of nitrogens with zero attached hydrogens (tertiary/aromatic N) is 3. The molecule has 1 aliphatic heterocycles. The summed E-state index contributed by atoms with van der Waals surface area (Å²) in [5.41, 5.74) is 4.94. The van der Waals surface area contributed by atoms with Crippen molar-refractivity contribution < 1.29 is 19.0 Å². The highest BCUT2D eigenvalue weighted by Gasteiger charge is 2.36. The number of nitrogens with one attached hydrogen (secondary N) is 1. The average molecular weight is 696 g/mol. The number of aryl methyl sites for hydroxylation is 1. The zero-order chi connectivity index (χ0) is 31.2. The van der Waals surface area contributed by atoms with Crippen molar-refractivity contribution >= 4 is 51.2 Å². The Bertz CT molecular complexity index is 1720. The smallest absolute Gasteiger partial charge is 0.338 e. The van der Waals surface area contributed by atoms with Gasteiger partial charge in [0.2, 0.25) is 11.1 Å². The SMILES string of the molecule is C=CCOC(=O)C1=C(C)Nc2nc(SCc3ccccc3Cl)nn2C1c1cc(Br)c(OCc2ccccc2C)c(OCC)c1. The Morgan fingerprint density at radius 3 is 2.61 bits per heavy atom. The molecule has 0 spiro atoms. The third kappa shape index (κ3) is 6.98. The highest BCUT2D eigenvalue weighted by molar-refractivity contribution is 9.10. The van der Waals surface area contributed by atoms with Crippen LogP contribution in [-0.4, -0.2) is 33.9 Å². The second kappa shape index (κ2) is 14.4. The zero-order valence-corrected chi connectivity index (χ0v) is 27.8. The van der Waals surface area contributed by atoms with Crippen molar-refractivity contribution in [3.05, 3.63) is 116 Å². The molecule has 4 aromatic rings. The predicted octanol–water partition coefficient (Wildman–Crippen LogP) is 8.29. The molecule has 2 heterocycles. The van der Waals surface area contributed by atoms with Crippen molar-refractivity contribution in [3.8, 4) is 11.5 Å². The van der Waals surface area contributed by atoms with E-state index < -0.39 is 12.0 Å². The molecule has 1 N–H and O–H groups in total. The number of halogens is 2. The Morgan fingerprint density at radius 2 is 1.89 bits per heavy atom. The van der Waals surface area contributed by atoms with Gasteiger partial charge < -0.3 is 19.5 Å². The van der Waals surface area contributed by atoms with Gasteiger partial charge in [0.1, 0.15) is 19.3 Å². The second-order valence-electron chi connectivity index (χ2n) is 9.97. The minimum Gasteiger partial charge on any atom is -0.490 e. The van der Waals surface area contributed by atoms with E-state index in [0.717, 1.165) is 22.3 Å². The lowest BCUT2D eigenvalue weighted by atomic mass is 9.95. The monoisotopic (exact) mass is 694 g/mol. The summed E-state index contributed by atoms with van der Waals surface area (Å²) < 4.78 is 20.3. The topological polar surface area (TPSA) is 87.5 Å². The van der Waals surface area contributed by atoms with Gasteiger partial charge in [-0.2, -0.15) is 4.98 Å². The van der Waals surface area contributed by atoms with Gasteiger partial charge in [-0.05, 0) is 77.2 Å². The number of hydrogen-bond acceptors (Lipinski definition) is 8. The maximum Gasteiger partial charge on any atom is 0.338 e. The number of esters is 1. The third-order valence-corrected chi connectivity index (χ3v) is 8.82. The number of aromatic nitrogens is 3. The highest BCUT2D eigenvalue weighted by Crippen LogP contribution is 2.44. The molecule has 0 saturated heterocycles. The summed E-state index contributed by atoms with van der Waals surface area (Å²) in [6.45, 7) is 10.3. The Balaban J connectivity index is 1.54. The first-order chi connectivity index (χ1) is 21.3. The number of hydrogen-bond donors (Lipinski definition) is 1. The zero-order valence-electron chi connectivity index (χ0n) is 24.6. The lowest BCUT2D eigenvalue weighted by molar-refractivity contribution is -0.138. The van der Waals surface area contributed by atoms with Gasteiger partial charge in [0.25, 0.3) is 0 Å². The van der Waals surface area contributed by atoms with E-state index in [2.05, 4.69) is 40.8 Å². The minimum absolute atomic E-state index is 0.0745. The van der Waals surface area contributed by atoms with Crippen LogP contribution >= 0.6 is 39.3 Å². The van der Waals surface area contributed by atoms with Crippen molar-refractivity contribution in [1.82, 2.24) is 14.8 Å². The van der Waals surface area contributed by atoms with E-state index in [0.29, 0.717) is 62.3 Å². The van der Waals surface area contributed by atoms with E-state index in [1.54, 1.807) is 4.68 Å². The van der Waals surface area contributed by atoms with Crippen LogP contribution in [0.2, 0.25) is 5.02 Å². The molecule has 3 aromatic carbocycles. The van der Waals surface area contributed by atoms with E-state index in [4.69, 9.17) is 35.9 Å². The van der Waals surface area contributed by atoms with E-state index in [9.17, 15) is 4.79 Å². The Hall–Kier alpha value is -3.73. The van der Waals surface area contributed by atoms with Gasteiger partial charge in [-0.1, -0.05) is 78.5 Å². The third-order valence-electron chi connectivity index (χ3n) is 6.98. The van der Waals surface area contributed by atoms with E-state index in [1.165, 1.54) is 17.8 Å². The number of anilines is 1. The number of carbonyl (C=O) groups excluding carboxylic acids is 1. The van der Waals surface area contributed by atoms with Crippen molar-refractivity contribution in [3.63, 3.8) is 0 Å². The number of carbonyl (C=O) groups is 1. The molecule has 11 heteroatoms. The maximum absolute atomic E-state index is 13.5. The predicted molar refractivity (Wildman–Crippen MR) is 177 cm³/mol. The van der Waals surface area contributed by atoms with Gasteiger partial charge in [-0.25, -0.2) is 9.48 Å². The maximum atomic E-state index is 13.5. The highest BCUT2D eigenvalue weighted by atomic mass is 79.9. The van der Waals surface area contributed by atoms with Crippen molar-refractivity contribution in [2.45, 2.75) is 44.3 Å². The molecule has 8 nitrogen and oxygen atoms in total. The van der Waals surface area contributed by atoms with Crippen LogP contribution in [0.1, 0.15) is 42.1 Å². The molecule has 0 amide bonds. The van der Waals surface area contributed by atoms with Crippen LogP contribution in [-0.2, 0) is 21.9 Å². The fraction of sp³-hybridized carbons (Fsp3) is 0.242. The van der Waals surface area contributed by atoms with Crippen LogP contribution in [0.5, 0.6) is 11.5 Å². The Morgan fingerprint density at radius 1 is 1.14 bits per heavy atom. The molecule has 228 valence electrons. The lowest BCUT2D eigenvalue weighted by Gasteiger charge is -2.29. The standard InChI is InChI=1S/C33H32BrClN4O4S/c1-5-15-42-31(40)28-21(4)36-32-37-33(44-19-23-13-9-10-14-26(23)35)38-39(32)29(28)24-16-25(34)30(27(17-24)41-6-2)43-18-22-12-8-7-11-20(22)3/h5,7-14,16-17,29H,1,6,15,18-19H2,2-4H3,(H,36,37,38). The second-order valence-corrected chi connectivity index (χ2v) is 12.2. The Labute approximate surface area is 274 Å². The largest absolute Gasteiger partial charge is 0.490 e. The van der Waals surface area contributed by atoms with E-state index in [-0.39, 0.29) is 6.61 Å². The van der Waals surface area contributed by atoms with Crippen LogP contribution in [0.4, 0.5) is 5.95 Å². The number of ether oxygens (including phenoxy) is 3. The molecule has 0 saturated carbocycles. The number of rotatable bonds is 12. The fourth-order valence-corrected chi connectivity index (χ4v) is 6.49. The summed E-state index contributed by atoms with van der Waals surface area (Å²) in [6.07, 6.45) is 1.54. The number of allylic oxidation sites excluding steroid dienone is 1. The number of thioether (sulfide) groups is 1. The average Bonchev–Trinajstić information content (AvgIpc) is 3.41. The summed E-state index contributed by atoms with van der Waals surface area (Å²) in [7, 11) is 0. The number of fused-ring (bicyclic) bond motifs is 1. The first-order valence-corrected chi connectivity index (χ1v) is 16.2. The summed E-state index contributed by atoms with van der Waals surface area (Å²) >= 11 is 11.6. The van der Waals surface area contributed by atoms with Gasteiger partial charge in [0, 0.05) is 16.5 Å². The normalized spacial score (nSPS) is 14.1. The fourth-order valence-electron chi connectivity index (χ4n) is 4.81. The van der Waals surface area contributed by atoms with E-state index in [1.807, 2.05) is 68.4 Å². The molecular formula is C33H32BrClN4O4S. The summed E-state index contributed by atoms with van der Waals surface area (Å²) in [5, 5.41) is 9.29. The molecular weight excluding hydrogens is 664 g/mol.